The van der Waals surface area contributed by atoms with Crippen molar-refractivity contribution in [3.63, 3.8) is 0 Å². The lowest BCUT2D eigenvalue weighted by Gasteiger charge is -2.27. The van der Waals surface area contributed by atoms with Crippen LogP contribution < -0.4 is 10.0 Å². The van der Waals surface area contributed by atoms with Gasteiger partial charge in [-0.25, -0.2) is 13.1 Å². The van der Waals surface area contributed by atoms with Crippen molar-refractivity contribution in [1.82, 2.24) is 10.0 Å². The lowest BCUT2D eigenvalue weighted by molar-refractivity contribution is 0.415. The van der Waals surface area contributed by atoms with Gasteiger partial charge in [-0.1, -0.05) is 12.8 Å². The van der Waals surface area contributed by atoms with Gasteiger partial charge in [-0.15, -0.1) is 0 Å². The van der Waals surface area contributed by atoms with E-state index in [1.807, 2.05) is 6.92 Å². The molecule has 0 aromatic rings. The van der Waals surface area contributed by atoms with Crippen LogP contribution in [-0.2, 0) is 10.0 Å². The Morgan fingerprint density at radius 2 is 1.88 bits per heavy atom. The molecule has 0 amide bonds. The van der Waals surface area contributed by atoms with Crippen molar-refractivity contribution in [2.24, 2.45) is 5.92 Å². The minimum Gasteiger partial charge on any atom is -0.315 e. The zero-order chi connectivity index (χ0) is 12.3. The third kappa shape index (κ3) is 3.42. The second-order valence-corrected chi connectivity index (χ2v) is 7.46. The summed E-state index contributed by atoms with van der Waals surface area (Å²) in [5, 5.41) is 2.93. The Labute approximate surface area is 105 Å². The summed E-state index contributed by atoms with van der Waals surface area (Å²) in [6.45, 7) is 3.57. The largest absolute Gasteiger partial charge is 0.315 e. The van der Waals surface area contributed by atoms with Crippen LogP contribution in [0, 0.1) is 5.92 Å². The van der Waals surface area contributed by atoms with Crippen molar-refractivity contribution in [2.45, 2.75) is 56.7 Å². The maximum Gasteiger partial charge on any atom is 0.215 e. The molecule has 2 N–H and O–H groups in total. The standard InChI is InChI=1S/C12H24N2O2S/c1-10(11-5-2-3-6-11)14-17(15,16)12-7-4-8-13-9-12/h10-14H,2-9H2,1H3. The van der Waals surface area contributed by atoms with Crippen LogP contribution >= 0.6 is 0 Å². The number of rotatable bonds is 4. The smallest absolute Gasteiger partial charge is 0.215 e. The fraction of sp³-hybridized carbons (Fsp3) is 1.00. The molecule has 0 radical (unpaired) electrons. The van der Waals surface area contributed by atoms with Crippen LogP contribution in [-0.4, -0.2) is 32.8 Å². The number of sulfonamides is 1. The first kappa shape index (κ1) is 13.3. The minimum atomic E-state index is -3.13. The van der Waals surface area contributed by atoms with Crippen molar-refractivity contribution >= 4 is 10.0 Å². The van der Waals surface area contributed by atoms with Crippen molar-refractivity contribution < 1.29 is 8.42 Å². The molecule has 4 nitrogen and oxygen atoms in total. The highest BCUT2D eigenvalue weighted by Crippen LogP contribution is 2.28. The van der Waals surface area contributed by atoms with Gasteiger partial charge in [0.2, 0.25) is 10.0 Å². The summed E-state index contributed by atoms with van der Waals surface area (Å²) in [5.41, 5.74) is 0. The molecule has 0 bridgehead atoms. The molecular formula is C12H24N2O2S. The molecule has 100 valence electrons. The third-order valence-corrected chi connectivity index (χ3v) is 6.13. The fourth-order valence-electron chi connectivity index (χ4n) is 2.99. The molecule has 1 saturated carbocycles. The molecule has 0 spiro atoms. The van der Waals surface area contributed by atoms with Crippen LogP contribution in [0.4, 0.5) is 0 Å². The average molecular weight is 260 g/mol. The van der Waals surface area contributed by atoms with Crippen molar-refractivity contribution in [1.29, 1.82) is 0 Å². The van der Waals surface area contributed by atoms with E-state index in [1.54, 1.807) is 0 Å². The molecule has 2 atom stereocenters. The molecule has 17 heavy (non-hydrogen) atoms. The molecule has 0 aromatic carbocycles. The van der Waals surface area contributed by atoms with Crippen molar-refractivity contribution in [2.75, 3.05) is 13.1 Å². The molecule has 1 aliphatic heterocycles. The predicted octanol–water partition coefficient (Wildman–Crippen LogP) is 1.24. The topological polar surface area (TPSA) is 58.2 Å². The second-order valence-electron chi connectivity index (χ2n) is 5.46. The predicted molar refractivity (Wildman–Crippen MR) is 69.4 cm³/mol. The van der Waals surface area contributed by atoms with Gasteiger partial charge < -0.3 is 5.32 Å². The van der Waals surface area contributed by atoms with Gasteiger partial charge >= 0.3 is 0 Å². The van der Waals surface area contributed by atoms with Gasteiger partial charge in [0.15, 0.2) is 0 Å². The molecule has 2 unspecified atom stereocenters. The number of piperidine rings is 1. The Bertz CT molecular complexity index is 330. The lowest BCUT2D eigenvalue weighted by Crippen LogP contribution is -2.48. The van der Waals surface area contributed by atoms with E-state index in [0.717, 1.165) is 19.4 Å². The average Bonchev–Trinajstić information content (AvgIpc) is 2.83. The zero-order valence-corrected chi connectivity index (χ0v) is 11.4. The minimum absolute atomic E-state index is 0.101. The molecule has 2 rings (SSSR count). The van der Waals surface area contributed by atoms with Crippen molar-refractivity contribution in [3.05, 3.63) is 0 Å². The van der Waals surface area contributed by atoms with Gasteiger partial charge in [0.1, 0.15) is 0 Å². The van der Waals surface area contributed by atoms with Gasteiger partial charge in [0, 0.05) is 12.6 Å². The summed E-state index contributed by atoms with van der Waals surface area (Å²) >= 11 is 0. The van der Waals surface area contributed by atoms with Crippen LogP contribution in [0.1, 0.15) is 45.4 Å². The van der Waals surface area contributed by atoms with Gasteiger partial charge in [0.25, 0.3) is 0 Å². The Morgan fingerprint density at radius 3 is 2.47 bits per heavy atom. The number of nitrogens with one attached hydrogen (secondary N) is 2. The first-order chi connectivity index (χ1) is 8.09. The van der Waals surface area contributed by atoms with Gasteiger partial charge in [-0.2, -0.15) is 0 Å². The maximum atomic E-state index is 12.2. The molecule has 1 heterocycles. The second kappa shape index (κ2) is 5.67. The summed E-state index contributed by atoms with van der Waals surface area (Å²) < 4.78 is 27.3. The first-order valence-electron chi connectivity index (χ1n) is 6.81. The molecule has 5 heteroatoms. The Morgan fingerprint density at radius 1 is 1.18 bits per heavy atom. The van der Waals surface area contributed by atoms with Crippen LogP contribution in [0.15, 0.2) is 0 Å². The SMILES string of the molecule is CC(NS(=O)(=O)C1CCCNC1)C1CCCC1. The molecule has 1 aliphatic carbocycles. The van der Waals surface area contributed by atoms with E-state index < -0.39 is 10.0 Å². The molecule has 0 aromatic heterocycles. The molecule has 2 fully saturated rings. The van der Waals surface area contributed by atoms with Crippen LogP contribution in [0.2, 0.25) is 0 Å². The Kier molecular flexibility index (Phi) is 4.44. The van der Waals surface area contributed by atoms with Gasteiger partial charge in [0.05, 0.1) is 5.25 Å². The fourth-order valence-corrected chi connectivity index (χ4v) is 4.71. The van der Waals surface area contributed by atoms with E-state index in [9.17, 15) is 8.42 Å². The highest BCUT2D eigenvalue weighted by molar-refractivity contribution is 7.90. The van der Waals surface area contributed by atoms with Crippen LogP contribution in [0.25, 0.3) is 0 Å². The summed E-state index contributed by atoms with van der Waals surface area (Å²) in [6.07, 6.45) is 6.60. The Balaban J connectivity index is 1.91. The highest BCUT2D eigenvalue weighted by Gasteiger charge is 2.31. The number of hydrogen-bond acceptors (Lipinski definition) is 3. The maximum absolute atomic E-state index is 12.2. The molecule has 1 saturated heterocycles. The highest BCUT2D eigenvalue weighted by atomic mass is 32.2. The van der Waals surface area contributed by atoms with Crippen molar-refractivity contribution in [3.8, 4) is 0 Å². The summed E-state index contributed by atoms with van der Waals surface area (Å²) in [4.78, 5) is 0. The summed E-state index contributed by atoms with van der Waals surface area (Å²) in [7, 11) is -3.13. The summed E-state index contributed by atoms with van der Waals surface area (Å²) in [5.74, 6) is 0.543. The van der Waals surface area contributed by atoms with E-state index in [0.29, 0.717) is 12.5 Å². The normalized spacial score (nSPS) is 29.4. The van der Waals surface area contributed by atoms with E-state index in [1.165, 1.54) is 25.7 Å². The zero-order valence-electron chi connectivity index (χ0n) is 10.6. The van der Waals surface area contributed by atoms with E-state index in [2.05, 4.69) is 10.0 Å². The summed E-state index contributed by atoms with van der Waals surface area (Å²) in [6, 6.07) is 0.101. The lowest BCUT2D eigenvalue weighted by atomic mass is 10.0. The molecular weight excluding hydrogens is 236 g/mol. The monoisotopic (exact) mass is 260 g/mol. The van der Waals surface area contributed by atoms with Gasteiger partial charge in [-0.05, 0) is 45.1 Å². The number of hydrogen-bond donors (Lipinski definition) is 2. The van der Waals surface area contributed by atoms with E-state index in [-0.39, 0.29) is 11.3 Å². The third-order valence-electron chi connectivity index (χ3n) is 4.15. The van der Waals surface area contributed by atoms with Crippen LogP contribution in [0.3, 0.4) is 0 Å². The van der Waals surface area contributed by atoms with Crippen LogP contribution in [0.5, 0.6) is 0 Å². The first-order valence-corrected chi connectivity index (χ1v) is 8.36. The van der Waals surface area contributed by atoms with E-state index in [4.69, 9.17) is 0 Å². The Hall–Kier alpha value is -0.130. The quantitative estimate of drug-likeness (QED) is 0.799. The molecule has 2 aliphatic rings. The van der Waals surface area contributed by atoms with Gasteiger partial charge in [-0.3, -0.25) is 0 Å². The van der Waals surface area contributed by atoms with E-state index >= 15 is 0 Å².